The molecular weight excluding hydrogens is 174 g/mol. The van der Waals surface area contributed by atoms with Crippen LogP contribution in [0.3, 0.4) is 0 Å². The van der Waals surface area contributed by atoms with Gasteiger partial charge in [0.2, 0.25) is 0 Å². The van der Waals surface area contributed by atoms with Crippen molar-refractivity contribution >= 4 is 24.2 Å². The van der Waals surface area contributed by atoms with E-state index in [4.69, 9.17) is 16.3 Å². The van der Waals surface area contributed by atoms with Crippen LogP contribution in [0.2, 0.25) is 5.02 Å². The molecule has 1 heterocycles. The quantitative estimate of drug-likeness (QED) is 0.609. The molecule has 0 spiro atoms. The van der Waals surface area contributed by atoms with Crippen molar-refractivity contribution in [1.82, 2.24) is 0 Å². The molecule has 0 aliphatic carbocycles. The van der Waals surface area contributed by atoms with E-state index in [1.54, 1.807) is 12.1 Å². The maximum absolute atomic E-state index is 9.38. The maximum atomic E-state index is 9.38. The van der Waals surface area contributed by atoms with E-state index in [-0.39, 0.29) is 6.10 Å². The van der Waals surface area contributed by atoms with Gasteiger partial charge in [-0.15, -0.1) is 0 Å². The van der Waals surface area contributed by atoms with Gasteiger partial charge in [-0.2, -0.15) is 0 Å². The molecule has 2 nitrogen and oxygen atoms in total. The molecule has 4 heteroatoms. The van der Waals surface area contributed by atoms with E-state index in [1.807, 2.05) is 13.0 Å². The molecule has 62 valence electrons. The van der Waals surface area contributed by atoms with Crippen molar-refractivity contribution in [1.29, 1.82) is 0 Å². The van der Waals surface area contributed by atoms with E-state index in [2.05, 4.69) is 0 Å². The lowest BCUT2D eigenvalue weighted by atomic mass is 9.79. The van der Waals surface area contributed by atoms with Crippen molar-refractivity contribution in [2.45, 2.75) is 13.0 Å². The Morgan fingerprint density at radius 2 is 2.33 bits per heavy atom. The number of hydrogen-bond donors (Lipinski definition) is 1. The molecule has 1 N–H and O–H groups in total. The molecule has 1 aromatic carbocycles. The largest absolute Gasteiger partial charge is 0.491 e. The Morgan fingerprint density at radius 1 is 1.58 bits per heavy atom. The molecule has 0 bridgehead atoms. The van der Waals surface area contributed by atoms with E-state index in [0.717, 1.165) is 11.0 Å². The molecule has 1 aliphatic rings. The number of benzene rings is 1. The fourth-order valence-electron chi connectivity index (χ4n) is 1.46. The average Bonchev–Trinajstić information content (AvgIpc) is 2.28. The molecule has 12 heavy (non-hydrogen) atoms. The molecule has 1 atom stereocenters. The minimum atomic E-state index is -0.785. The Labute approximate surface area is 76.3 Å². The Hall–Kier alpha value is -0.505. The molecule has 0 radical (unpaired) electrons. The fraction of sp³-hybridized carbons (Fsp3) is 0.250. The van der Waals surface area contributed by atoms with Crippen LogP contribution in [0.4, 0.5) is 0 Å². The molecule has 1 aliphatic heterocycles. The Morgan fingerprint density at radius 3 is 3.08 bits per heavy atom. The minimum Gasteiger partial charge on any atom is -0.423 e. The summed E-state index contributed by atoms with van der Waals surface area (Å²) in [4.78, 5) is 0. The van der Waals surface area contributed by atoms with E-state index in [0.29, 0.717) is 5.02 Å². The molecule has 1 aromatic rings. The highest BCUT2D eigenvalue weighted by atomic mass is 35.5. The van der Waals surface area contributed by atoms with Crippen LogP contribution in [-0.4, -0.2) is 12.1 Å². The first-order valence-electron chi connectivity index (χ1n) is 3.81. The van der Waals surface area contributed by atoms with Crippen LogP contribution in [0.25, 0.3) is 0 Å². The van der Waals surface area contributed by atoms with Crippen molar-refractivity contribution < 1.29 is 9.68 Å². The molecule has 0 amide bonds. The van der Waals surface area contributed by atoms with Crippen molar-refractivity contribution in [3.63, 3.8) is 0 Å². The third-order valence-electron chi connectivity index (χ3n) is 2.09. The van der Waals surface area contributed by atoms with Crippen molar-refractivity contribution in [3.8, 4) is 0 Å². The first-order valence-corrected chi connectivity index (χ1v) is 4.19. The second-order valence-electron chi connectivity index (χ2n) is 2.90. The minimum absolute atomic E-state index is 0.0614. The first-order chi connectivity index (χ1) is 5.68. The smallest absolute Gasteiger partial charge is 0.423 e. The van der Waals surface area contributed by atoms with Gasteiger partial charge >= 0.3 is 7.12 Å². The van der Waals surface area contributed by atoms with Crippen LogP contribution in [0, 0.1) is 0 Å². The zero-order valence-electron chi connectivity index (χ0n) is 6.62. The molecule has 1 unspecified atom stereocenters. The van der Waals surface area contributed by atoms with E-state index < -0.39 is 7.12 Å². The third kappa shape index (κ3) is 1.14. The Balaban J connectivity index is 2.53. The van der Waals surface area contributed by atoms with E-state index >= 15 is 0 Å². The molecule has 0 aromatic heterocycles. The van der Waals surface area contributed by atoms with Crippen LogP contribution in [-0.2, 0) is 4.65 Å². The number of fused-ring (bicyclic) bond motifs is 1. The highest BCUT2D eigenvalue weighted by Gasteiger charge is 2.32. The van der Waals surface area contributed by atoms with E-state index in [1.165, 1.54) is 0 Å². The van der Waals surface area contributed by atoms with Gasteiger partial charge in [-0.05, 0) is 30.1 Å². The second kappa shape index (κ2) is 2.77. The molecular formula is C8H8BClO2. The van der Waals surface area contributed by atoms with Gasteiger partial charge in [-0.25, -0.2) is 0 Å². The standard InChI is InChI=1S/C8H8BClO2/c1-5-7-4-6(10)2-3-8(7)9(11)12-5/h2-5,11H,1H3. The summed E-state index contributed by atoms with van der Waals surface area (Å²) in [5.74, 6) is 0. The summed E-state index contributed by atoms with van der Waals surface area (Å²) in [6.07, 6.45) is -0.0614. The van der Waals surface area contributed by atoms with Gasteiger partial charge in [-0.3, -0.25) is 0 Å². The number of hydrogen-bond acceptors (Lipinski definition) is 2. The average molecular weight is 182 g/mol. The van der Waals surface area contributed by atoms with Gasteiger partial charge < -0.3 is 9.68 Å². The van der Waals surface area contributed by atoms with Gasteiger partial charge in [0.05, 0.1) is 6.10 Å². The first kappa shape index (κ1) is 8.11. The monoisotopic (exact) mass is 182 g/mol. The summed E-state index contributed by atoms with van der Waals surface area (Å²) >= 11 is 5.80. The summed E-state index contributed by atoms with van der Waals surface area (Å²) in [6, 6.07) is 5.38. The highest BCUT2D eigenvalue weighted by molar-refractivity contribution is 6.61. The lowest BCUT2D eigenvalue weighted by Gasteiger charge is -2.03. The molecule has 0 saturated carbocycles. The predicted molar refractivity (Wildman–Crippen MR) is 48.6 cm³/mol. The second-order valence-corrected chi connectivity index (χ2v) is 3.34. The third-order valence-corrected chi connectivity index (χ3v) is 2.32. The van der Waals surface area contributed by atoms with Crippen LogP contribution >= 0.6 is 11.6 Å². The zero-order valence-corrected chi connectivity index (χ0v) is 7.38. The summed E-state index contributed by atoms with van der Waals surface area (Å²) in [5, 5.41) is 10.1. The summed E-state index contributed by atoms with van der Waals surface area (Å²) in [7, 11) is -0.785. The molecule has 2 rings (SSSR count). The summed E-state index contributed by atoms with van der Waals surface area (Å²) in [6.45, 7) is 1.89. The van der Waals surface area contributed by atoms with Gasteiger partial charge in [0.15, 0.2) is 0 Å². The fourth-order valence-corrected chi connectivity index (χ4v) is 1.64. The van der Waals surface area contributed by atoms with Crippen molar-refractivity contribution in [3.05, 3.63) is 28.8 Å². The van der Waals surface area contributed by atoms with Crippen LogP contribution in [0.1, 0.15) is 18.6 Å². The molecule has 0 fully saturated rings. The summed E-state index contributed by atoms with van der Waals surface area (Å²) < 4.78 is 5.18. The number of rotatable bonds is 0. The van der Waals surface area contributed by atoms with Crippen LogP contribution in [0.15, 0.2) is 18.2 Å². The molecule has 0 saturated heterocycles. The van der Waals surface area contributed by atoms with Gasteiger partial charge in [0.25, 0.3) is 0 Å². The lowest BCUT2D eigenvalue weighted by Crippen LogP contribution is -2.27. The summed E-state index contributed by atoms with van der Waals surface area (Å²) in [5.41, 5.74) is 1.81. The van der Waals surface area contributed by atoms with Gasteiger partial charge in [0.1, 0.15) is 0 Å². The maximum Gasteiger partial charge on any atom is 0.491 e. The van der Waals surface area contributed by atoms with Crippen LogP contribution < -0.4 is 5.46 Å². The topological polar surface area (TPSA) is 29.5 Å². The van der Waals surface area contributed by atoms with Crippen molar-refractivity contribution in [2.24, 2.45) is 0 Å². The van der Waals surface area contributed by atoms with Gasteiger partial charge in [0, 0.05) is 5.02 Å². The van der Waals surface area contributed by atoms with E-state index in [9.17, 15) is 5.02 Å². The van der Waals surface area contributed by atoms with Crippen molar-refractivity contribution in [2.75, 3.05) is 0 Å². The number of halogens is 1. The Kier molecular flexibility index (Phi) is 1.87. The normalized spacial score (nSPS) is 21.2. The SMILES string of the molecule is CC1OB(O)c2ccc(Cl)cc21. The Bertz CT molecular complexity index is 316. The predicted octanol–water partition coefficient (Wildman–Crippen LogP) is 1.12. The van der Waals surface area contributed by atoms with Crippen LogP contribution in [0.5, 0.6) is 0 Å². The highest BCUT2D eigenvalue weighted by Crippen LogP contribution is 2.24. The lowest BCUT2D eigenvalue weighted by molar-refractivity contribution is 0.209. The van der Waals surface area contributed by atoms with Gasteiger partial charge in [-0.1, -0.05) is 17.7 Å². The zero-order chi connectivity index (χ0) is 8.72.